The second-order valence-electron chi connectivity index (χ2n) is 12.0. The van der Waals surface area contributed by atoms with E-state index < -0.39 is 8.07 Å². The molecule has 2 rings (SSSR count). The summed E-state index contributed by atoms with van der Waals surface area (Å²) in [4.78, 5) is 0. The van der Waals surface area contributed by atoms with Gasteiger partial charge in [0.1, 0.15) is 8.07 Å². The van der Waals surface area contributed by atoms with E-state index in [4.69, 9.17) is 23.2 Å². The number of halogens is 2. The van der Waals surface area contributed by atoms with Crippen molar-refractivity contribution in [3.63, 3.8) is 0 Å². The lowest BCUT2D eigenvalue weighted by molar-refractivity contribution is 0.559. The van der Waals surface area contributed by atoms with Crippen molar-refractivity contribution in [2.24, 2.45) is 0 Å². The predicted octanol–water partition coefficient (Wildman–Crippen LogP) is 12.4. The van der Waals surface area contributed by atoms with Crippen molar-refractivity contribution in [3.8, 4) is 0 Å². The van der Waals surface area contributed by atoms with Gasteiger partial charge < -0.3 is 0 Å². The van der Waals surface area contributed by atoms with E-state index in [1.807, 2.05) is 0 Å². The third-order valence-corrected chi connectivity index (χ3v) is 14.5. The molecule has 0 saturated carbocycles. The Kier molecular flexibility index (Phi) is 19.4. The van der Waals surface area contributed by atoms with Gasteiger partial charge in [-0.15, -0.1) is 0 Å². The van der Waals surface area contributed by atoms with Gasteiger partial charge in [0.15, 0.2) is 0 Å². The highest BCUT2D eigenvalue weighted by atomic mass is 35.5. The quantitative estimate of drug-likeness (QED) is 0.0844. The van der Waals surface area contributed by atoms with Crippen LogP contribution in [0.4, 0.5) is 0 Å². The van der Waals surface area contributed by atoms with E-state index >= 15 is 0 Å². The molecule has 3 heteroatoms. The van der Waals surface area contributed by atoms with Gasteiger partial charge in [0, 0.05) is 10.0 Å². The van der Waals surface area contributed by atoms with E-state index in [0.29, 0.717) is 0 Å². The fourth-order valence-electron chi connectivity index (χ4n) is 6.24. The minimum Gasteiger partial charge on any atom is -0.0843 e. The van der Waals surface area contributed by atoms with E-state index in [9.17, 15) is 0 Å². The molecule has 2 aromatic carbocycles. The molecule has 0 radical (unpaired) electrons. The second-order valence-corrected chi connectivity index (χ2v) is 17.2. The molecule has 0 N–H and O–H groups in total. The normalized spacial score (nSPS) is 11.8. The van der Waals surface area contributed by atoms with E-state index in [-0.39, 0.29) is 0 Å². The van der Waals surface area contributed by atoms with Crippen molar-refractivity contribution < 1.29 is 0 Å². The Balaban J connectivity index is 1.97. The van der Waals surface area contributed by atoms with Crippen molar-refractivity contribution in [2.75, 3.05) is 0 Å². The van der Waals surface area contributed by atoms with Crippen LogP contribution in [-0.4, -0.2) is 8.07 Å². The molecule has 0 spiro atoms. The van der Waals surface area contributed by atoms with Crippen LogP contribution in [0.25, 0.3) is 0 Å². The predicted molar refractivity (Wildman–Crippen MR) is 181 cm³/mol. The fraction of sp³-hybridized carbons (Fsp3) is 0.667. The maximum atomic E-state index is 6.36. The summed E-state index contributed by atoms with van der Waals surface area (Å²) in [5, 5.41) is 4.80. The van der Waals surface area contributed by atoms with Crippen LogP contribution in [0.5, 0.6) is 0 Å². The molecule has 0 aliphatic heterocycles. The molecule has 39 heavy (non-hydrogen) atoms. The monoisotopic (exact) mass is 588 g/mol. The van der Waals surface area contributed by atoms with Crippen LogP contribution < -0.4 is 10.4 Å². The molecule has 0 nitrogen and oxygen atoms in total. The first-order valence-corrected chi connectivity index (χ1v) is 19.8. The molecule has 2 aromatic rings. The summed E-state index contributed by atoms with van der Waals surface area (Å²) in [6, 6.07) is 20.5. The molecule has 0 aromatic heterocycles. The SMILES string of the molecule is CCCCCCCCCCCC[Si](CCCCCCCCCCCC)(c1ccc(Cl)cc1)c1ccc(Cl)cc1. The molecule has 0 heterocycles. The topological polar surface area (TPSA) is 0 Å². The van der Waals surface area contributed by atoms with Crippen molar-refractivity contribution in [1.82, 2.24) is 0 Å². The van der Waals surface area contributed by atoms with Crippen molar-refractivity contribution >= 4 is 41.6 Å². The maximum absolute atomic E-state index is 6.36. The minimum atomic E-state index is -1.89. The first-order valence-electron chi connectivity index (χ1n) is 16.6. The third-order valence-electron chi connectivity index (χ3n) is 8.71. The average Bonchev–Trinajstić information content (AvgIpc) is 2.95. The Morgan fingerprint density at radius 3 is 0.923 bits per heavy atom. The van der Waals surface area contributed by atoms with Crippen LogP contribution in [0.1, 0.15) is 142 Å². The molecule has 0 aliphatic carbocycles. The summed E-state index contributed by atoms with van der Waals surface area (Å²) in [5.74, 6) is 0. The Morgan fingerprint density at radius 1 is 0.385 bits per heavy atom. The Labute approximate surface area is 253 Å². The lowest BCUT2D eigenvalue weighted by Gasteiger charge is -2.34. The van der Waals surface area contributed by atoms with Gasteiger partial charge in [0.2, 0.25) is 0 Å². The number of hydrogen-bond acceptors (Lipinski definition) is 0. The first-order chi connectivity index (χ1) is 19.1. The van der Waals surface area contributed by atoms with Crippen LogP contribution in [0.15, 0.2) is 48.5 Å². The molecular formula is C36H58Cl2Si. The number of benzene rings is 2. The lowest BCUT2D eigenvalue weighted by Crippen LogP contribution is -2.58. The molecule has 0 atom stereocenters. The molecule has 0 amide bonds. The van der Waals surface area contributed by atoms with Gasteiger partial charge >= 0.3 is 0 Å². The molecule has 0 fully saturated rings. The fourth-order valence-corrected chi connectivity index (χ4v) is 11.5. The highest BCUT2D eigenvalue weighted by Crippen LogP contribution is 2.26. The van der Waals surface area contributed by atoms with Gasteiger partial charge in [-0.05, 0) is 36.4 Å². The van der Waals surface area contributed by atoms with E-state index in [1.54, 1.807) is 10.4 Å². The van der Waals surface area contributed by atoms with Crippen molar-refractivity contribution in [2.45, 2.75) is 154 Å². The van der Waals surface area contributed by atoms with Crippen molar-refractivity contribution in [3.05, 3.63) is 58.6 Å². The number of rotatable bonds is 24. The molecule has 0 saturated heterocycles. The summed E-state index contributed by atoms with van der Waals surface area (Å²) < 4.78 is 0. The maximum Gasteiger partial charge on any atom is 0.118 e. The molecule has 0 unspecified atom stereocenters. The summed E-state index contributed by atoms with van der Waals surface area (Å²) in [6.45, 7) is 4.60. The second kappa shape index (κ2) is 21.9. The van der Waals surface area contributed by atoms with Crippen LogP contribution in [-0.2, 0) is 0 Å². The number of unbranched alkanes of at least 4 members (excludes halogenated alkanes) is 18. The Bertz CT molecular complexity index is 759. The standard InChI is InChI=1S/C36H58Cl2Si/c1-3-5-7-9-11-13-15-17-19-21-31-39(35-27-23-33(37)24-28-35,36-29-25-34(38)26-30-36)32-22-20-18-16-14-12-10-8-6-4-2/h23-30H,3-22,31-32H2,1-2H3. The smallest absolute Gasteiger partial charge is 0.0843 e. The Morgan fingerprint density at radius 2 is 0.641 bits per heavy atom. The van der Waals surface area contributed by atoms with Crippen LogP contribution in [0, 0.1) is 0 Å². The highest BCUT2D eigenvalue weighted by molar-refractivity contribution is 7.02. The Hall–Kier alpha value is -0.763. The van der Waals surface area contributed by atoms with Gasteiger partial charge in [-0.2, -0.15) is 0 Å². The zero-order valence-corrected chi connectivity index (χ0v) is 27.9. The summed E-state index contributed by atoms with van der Waals surface area (Å²) in [5.41, 5.74) is 0. The number of hydrogen-bond donors (Lipinski definition) is 0. The molecule has 0 aliphatic rings. The molecule has 0 bridgehead atoms. The van der Waals surface area contributed by atoms with Gasteiger partial charge in [-0.1, -0.05) is 200 Å². The largest absolute Gasteiger partial charge is 0.118 e. The van der Waals surface area contributed by atoms with E-state index in [0.717, 1.165) is 10.0 Å². The summed E-state index contributed by atoms with van der Waals surface area (Å²) in [6.07, 6.45) is 27.8. The van der Waals surface area contributed by atoms with Gasteiger partial charge in [-0.3, -0.25) is 0 Å². The zero-order valence-electron chi connectivity index (χ0n) is 25.4. The van der Waals surface area contributed by atoms with Crippen molar-refractivity contribution in [1.29, 1.82) is 0 Å². The van der Waals surface area contributed by atoms with E-state index in [2.05, 4.69) is 62.4 Å². The van der Waals surface area contributed by atoms with Crippen LogP contribution in [0.3, 0.4) is 0 Å². The van der Waals surface area contributed by atoms with Gasteiger partial charge in [0.25, 0.3) is 0 Å². The average molecular weight is 590 g/mol. The highest BCUT2D eigenvalue weighted by Gasteiger charge is 2.36. The van der Waals surface area contributed by atoms with E-state index in [1.165, 1.54) is 141 Å². The zero-order chi connectivity index (χ0) is 28.0. The third kappa shape index (κ3) is 14.1. The minimum absolute atomic E-state index is 0.843. The van der Waals surface area contributed by atoms with Gasteiger partial charge in [0.05, 0.1) is 0 Å². The first kappa shape index (κ1) is 34.4. The molecular weight excluding hydrogens is 531 g/mol. The molecule has 220 valence electrons. The van der Waals surface area contributed by atoms with Gasteiger partial charge in [-0.25, -0.2) is 0 Å². The summed E-state index contributed by atoms with van der Waals surface area (Å²) in [7, 11) is -1.89. The van der Waals surface area contributed by atoms with Crippen LogP contribution >= 0.6 is 23.2 Å². The lowest BCUT2D eigenvalue weighted by atomic mass is 10.1. The van der Waals surface area contributed by atoms with Crippen LogP contribution in [0.2, 0.25) is 22.1 Å². The summed E-state index contributed by atoms with van der Waals surface area (Å²) >= 11 is 12.7.